The number of nitrogens with zero attached hydrogens (tertiary/aromatic N) is 5. The van der Waals surface area contributed by atoms with Crippen LogP contribution in [0.3, 0.4) is 0 Å². The highest BCUT2D eigenvalue weighted by Crippen LogP contribution is 2.41. The Morgan fingerprint density at radius 3 is 2.96 bits per heavy atom. The number of aliphatic hydroxyl groups excluding tert-OH is 1. The molecule has 1 aliphatic carbocycles. The molecular weight excluding hydrogens is 322 g/mol. The first-order chi connectivity index (χ1) is 12.0. The molecule has 3 heterocycles. The Morgan fingerprint density at radius 1 is 1.44 bits per heavy atom. The molecule has 0 spiro atoms. The van der Waals surface area contributed by atoms with Gasteiger partial charge in [0.1, 0.15) is 11.9 Å². The first-order valence-electron chi connectivity index (χ1n) is 8.65. The van der Waals surface area contributed by atoms with Gasteiger partial charge in [-0.2, -0.15) is 5.10 Å². The number of oxazole rings is 1. The largest absolute Gasteiger partial charge is 0.447 e. The second-order valence-corrected chi connectivity index (χ2v) is 7.13. The summed E-state index contributed by atoms with van der Waals surface area (Å²) in [6.07, 6.45) is 2.87. The molecule has 1 aliphatic heterocycles. The van der Waals surface area contributed by atoms with Crippen molar-refractivity contribution in [3.05, 3.63) is 35.3 Å². The van der Waals surface area contributed by atoms with Crippen LogP contribution in [0.1, 0.15) is 52.5 Å². The van der Waals surface area contributed by atoms with Crippen LogP contribution in [0.15, 0.2) is 16.9 Å². The van der Waals surface area contributed by atoms with Gasteiger partial charge in [-0.05, 0) is 33.0 Å². The summed E-state index contributed by atoms with van der Waals surface area (Å²) in [6, 6.07) is 1.89. The van der Waals surface area contributed by atoms with Gasteiger partial charge in [0.05, 0.1) is 24.5 Å². The molecule has 1 saturated carbocycles. The predicted octanol–water partition coefficient (Wildman–Crippen LogP) is 0.999. The SMILES string of the molecule is CN(C)C[C@H](O)c1cc2n(n1)CCN(C(=O)c1ncoc1C1CC1)C2. The van der Waals surface area contributed by atoms with Crippen molar-refractivity contribution in [3.63, 3.8) is 0 Å². The maximum Gasteiger partial charge on any atom is 0.276 e. The molecule has 0 bridgehead atoms. The van der Waals surface area contributed by atoms with E-state index in [9.17, 15) is 9.90 Å². The highest BCUT2D eigenvalue weighted by Gasteiger charge is 2.35. The third-order valence-electron chi connectivity index (χ3n) is 4.73. The third kappa shape index (κ3) is 3.19. The van der Waals surface area contributed by atoms with E-state index < -0.39 is 6.10 Å². The summed E-state index contributed by atoms with van der Waals surface area (Å²) < 4.78 is 7.31. The molecule has 0 aromatic carbocycles. The van der Waals surface area contributed by atoms with Crippen molar-refractivity contribution in [1.82, 2.24) is 24.6 Å². The van der Waals surface area contributed by atoms with Gasteiger partial charge in [0.15, 0.2) is 12.1 Å². The number of hydrogen-bond donors (Lipinski definition) is 1. The highest BCUT2D eigenvalue weighted by atomic mass is 16.3. The Balaban J connectivity index is 1.50. The van der Waals surface area contributed by atoms with Crippen LogP contribution in [0.2, 0.25) is 0 Å². The van der Waals surface area contributed by atoms with Crippen LogP contribution < -0.4 is 0 Å². The molecule has 0 saturated heterocycles. The van der Waals surface area contributed by atoms with Crippen LogP contribution in [-0.2, 0) is 13.1 Å². The van der Waals surface area contributed by atoms with Gasteiger partial charge >= 0.3 is 0 Å². The molecule has 1 N–H and O–H groups in total. The van der Waals surface area contributed by atoms with Crippen molar-refractivity contribution in [2.45, 2.75) is 38.0 Å². The van der Waals surface area contributed by atoms with Crippen LogP contribution in [0, 0.1) is 0 Å². The summed E-state index contributed by atoms with van der Waals surface area (Å²) in [5.41, 5.74) is 2.03. The molecule has 2 aliphatic rings. The molecule has 2 aromatic rings. The number of carbonyl (C=O) groups excluding carboxylic acids is 1. The summed E-state index contributed by atoms with van der Waals surface area (Å²) in [6.45, 7) is 2.18. The fourth-order valence-corrected chi connectivity index (χ4v) is 3.26. The highest BCUT2D eigenvalue weighted by molar-refractivity contribution is 5.93. The minimum Gasteiger partial charge on any atom is -0.447 e. The van der Waals surface area contributed by atoms with E-state index in [0.29, 0.717) is 43.5 Å². The molecule has 2 aromatic heterocycles. The zero-order valence-corrected chi connectivity index (χ0v) is 14.6. The van der Waals surface area contributed by atoms with E-state index in [4.69, 9.17) is 4.42 Å². The van der Waals surface area contributed by atoms with E-state index in [-0.39, 0.29) is 5.91 Å². The standard InChI is InChI=1S/C17H23N5O3/c1-20(2)9-14(23)13-7-12-8-21(5-6-22(12)19-13)17(24)15-16(11-3-4-11)25-10-18-15/h7,10-11,14,23H,3-6,8-9H2,1-2H3/t14-/m0/s1. The van der Waals surface area contributed by atoms with E-state index in [1.165, 1.54) is 6.39 Å². The molecule has 1 atom stereocenters. The van der Waals surface area contributed by atoms with Gasteiger partial charge in [0.25, 0.3) is 5.91 Å². The predicted molar refractivity (Wildman–Crippen MR) is 89.0 cm³/mol. The summed E-state index contributed by atoms with van der Waals surface area (Å²) in [7, 11) is 3.82. The lowest BCUT2D eigenvalue weighted by molar-refractivity contribution is 0.0697. The minimum atomic E-state index is -0.630. The Bertz CT molecular complexity index is 777. The number of aromatic nitrogens is 3. The van der Waals surface area contributed by atoms with E-state index in [1.54, 1.807) is 4.90 Å². The first-order valence-corrected chi connectivity index (χ1v) is 8.65. The zero-order chi connectivity index (χ0) is 17.6. The number of fused-ring (bicyclic) bond motifs is 1. The normalized spacial score (nSPS) is 18.5. The van der Waals surface area contributed by atoms with Gasteiger partial charge in [-0.15, -0.1) is 0 Å². The number of likely N-dealkylation sites (N-methyl/N-ethyl adjacent to an activating group) is 1. The number of carbonyl (C=O) groups is 1. The third-order valence-corrected chi connectivity index (χ3v) is 4.73. The van der Waals surface area contributed by atoms with Gasteiger partial charge in [-0.1, -0.05) is 0 Å². The summed E-state index contributed by atoms with van der Waals surface area (Å²) >= 11 is 0. The van der Waals surface area contributed by atoms with E-state index in [2.05, 4.69) is 10.1 Å². The Hall–Kier alpha value is -2.19. The van der Waals surface area contributed by atoms with Gasteiger partial charge in [-0.25, -0.2) is 4.98 Å². The number of rotatable bonds is 5. The Morgan fingerprint density at radius 2 is 2.24 bits per heavy atom. The lowest BCUT2D eigenvalue weighted by atomic mass is 10.2. The van der Waals surface area contributed by atoms with Crippen molar-refractivity contribution in [2.75, 3.05) is 27.2 Å². The van der Waals surface area contributed by atoms with Crippen LogP contribution in [0.4, 0.5) is 0 Å². The fraction of sp³-hybridized carbons (Fsp3) is 0.588. The first kappa shape index (κ1) is 16.3. The molecule has 134 valence electrons. The van der Waals surface area contributed by atoms with Crippen LogP contribution >= 0.6 is 0 Å². The second-order valence-electron chi connectivity index (χ2n) is 7.13. The Labute approximate surface area is 146 Å². The average molecular weight is 345 g/mol. The number of amides is 1. The van der Waals surface area contributed by atoms with Gasteiger partial charge in [0.2, 0.25) is 0 Å². The summed E-state index contributed by atoms with van der Waals surface area (Å²) in [4.78, 5) is 20.7. The Kier molecular flexibility index (Phi) is 4.09. The maximum atomic E-state index is 12.8. The molecule has 1 amide bonds. The van der Waals surface area contributed by atoms with Gasteiger partial charge in [-0.3, -0.25) is 9.48 Å². The lowest BCUT2D eigenvalue weighted by Crippen LogP contribution is -2.38. The van der Waals surface area contributed by atoms with Crippen molar-refractivity contribution in [2.24, 2.45) is 0 Å². The monoisotopic (exact) mass is 345 g/mol. The van der Waals surface area contributed by atoms with Gasteiger partial charge in [0, 0.05) is 19.0 Å². The van der Waals surface area contributed by atoms with Gasteiger partial charge < -0.3 is 19.3 Å². The molecule has 8 nitrogen and oxygen atoms in total. The average Bonchev–Trinajstić information content (AvgIpc) is 3.15. The summed E-state index contributed by atoms with van der Waals surface area (Å²) in [5, 5.41) is 14.7. The second kappa shape index (κ2) is 6.27. The number of aliphatic hydroxyl groups is 1. The van der Waals surface area contributed by atoms with Crippen molar-refractivity contribution in [1.29, 1.82) is 0 Å². The summed E-state index contributed by atoms with van der Waals surface area (Å²) in [5.74, 6) is 0.995. The quantitative estimate of drug-likeness (QED) is 0.870. The molecule has 8 heteroatoms. The van der Waals surface area contributed by atoms with Crippen molar-refractivity contribution in [3.8, 4) is 0 Å². The molecule has 0 radical (unpaired) electrons. The molecule has 1 fully saturated rings. The van der Waals surface area contributed by atoms with E-state index >= 15 is 0 Å². The zero-order valence-electron chi connectivity index (χ0n) is 14.6. The molecular formula is C17H23N5O3. The van der Waals surface area contributed by atoms with Crippen LogP contribution in [0.5, 0.6) is 0 Å². The fourth-order valence-electron chi connectivity index (χ4n) is 3.26. The van der Waals surface area contributed by atoms with Crippen molar-refractivity contribution >= 4 is 5.91 Å². The number of hydrogen-bond acceptors (Lipinski definition) is 6. The molecule has 0 unspecified atom stereocenters. The van der Waals surface area contributed by atoms with Crippen molar-refractivity contribution < 1.29 is 14.3 Å². The minimum absolute atomic E-state index is 0.0847. The van der Waals surface area contributed by atoms with Crippen LogP contribution in [-0.4, -0.2) is 62.8 Å². The lowest BCUT2D eigenvalue weighted by Gasteiger charge is -2.27. The van der Waals surface area contributed by atoms with Crippen LogP contribution in [0.25, 0.3) is 0 Å². The molecule has 4 rings (SSSR count). The molecule has 25 heavy (non-hydrogen) atoms. The maximum absolute atomic E-state index is 12.8. The van der Waals surface area contributed by atoms with E-state index in [1.807, 2.05) is 29.7 Å². The smallest absolute Gasteiger partial charge is 0.276 e. The van der Waals surface area contributed by atoms with E-state index in [0.717, 1.165) is 24.3 Å². The topological polar surface area (TPSA) is 87.6 Å².